The van der Waals surface area contributed by atoms with Gasteiger partial charge in [0.2, 0.25) is 23.7 Å². The van der Waals surface area contributed by atoms with Crippen molar-refractivity contribution < 1.29 is 27.8 Å². The molecule has 1 saturated carbocycles. The van der Waals surface area contributed by atoms with Crippen molar-refractivity contribution in [1.82, 2.24) is 48.8 Å². The first kappa shape index (κ1) is 58.6. The highest BCUT2D eigenvalue weighted by molar-refractivity contribution is 6.03. The molecule has 434 valence electrons. The van der Waals surface area contributed by atoms with Gasteiger partial charge < -0.3 is 59.5 Å². The van der Waals surface area contributed by atoms with Crippen molar-refractivity contribution in [2.45, 2.75) is 58.0 Å². The van der Waals surface area contributed by atoms with E-state index in [4.69, 9.17) is 14.5 Å². The van der Waals surface area contributed by atoms with Crippen LogP contribution in [0.5, 0.6) is 11.5 Å². The monoisotopic (exact) mass is 1130 g/mol. The van der Waals surface area contributed by atoms with Crippen molar-refractivity contribution in [3.8, 4) is 34.0 Å². The number of anilines is 8. The number of hydrogen-bond acceptors (Lipinski definition) is 16. The number of aromatic nitrogens is 8. The Hall–Kier alpha value is -9.02. The van der Waals surface area contributed by atoms with Crippen molar-refractivity contribution >= 4 is 79.9 Å². The molecule has 0 saturated heterocycles. The van der Waals surface area contributed by atoms with Gasteiger partial charge in [-0.1, -0.05) is 13.2 Å². The highest BCUT2D eigenvalue weighted by atomic mass is 19.1. The molecule has 0 atom stereocenters. The Kier molecular flexibility index (Phi) is 17.4. The van der Waals surface area contributed by atoms with E-state index < -0.39 is 0 Å². The van der Waals surface area contributed by atoms with Crippen molar-refractivity contribution in [2.24, 2.45) is 0 Å². The summed E-state index contributed by atoms with van der Waals surface area (Å²) < 4.78 is 46.1. The summed E-state index contributed by atoms with van der Waals surface area (Å²) >= 11 is 0. The van der Waals surface area contributed by atoms with E-state index in [0.717, 1.165) is 85.9 Å². The van der Waals surface area contributed by atoms with Crippen molar-refractivity contribution in [3.05, 3.63) is 122 Å². The molecule has 8 aromatic rings. The molecular formula is C61H72F2N16O4. The van der Waals surface area contributed by atoms with Crippen LogP contribution < -0.4 is 40.5 Å². The van der Waals surface area contributed by atoms with E-state index in [9.17, 15) is 9.59 Å². The predicted octanol–water partition coefficient (Wildman–Crippen LogP) is 10.3. The first-order chi connectivity index (χ1) is 39.7. The third kappa shape index (κ3) is 13.0. The van der Waals surface area contributed by atoms with Crippen LogP contribution >= 0.6 is 0 Å². The van der Waals surface area contributed by atoms with Gasteiger partial charge in [-0.2, -0.15) is 0 Å². The van der Waals surface area contributed by atoms with Crippen LogP contribution in [0.4, 0.5) is 54.8 Å². The second kappa shape index (κ2) is 24.6. The molecule has 0 bridgehead atoms. The molecule has 1 aliphatic heterocycles. The number of carbonyl (C=O) groups is 2. The fourth-order valence-corrected chi connectivity index (χ4v) is 10.1. The van der Waals surface area contributed by atoms with Crippen LogP contribution in [0.2, 0.25) is 0 Å². The first-order valence-corrected chi connectivity index (χ1v) is 27.3. The molecule has 1 aliphatic carbocycles. The van der Waals surface area contributed by atoms with Gasteiger partial charge in [0.25, 0.3) is 0 Å². The molecular weight excluding hydrogens is 1060 g/mol. The second-order valence-electron chi connectivity index (χ2n) is 21.8. The zero-order chi connectivity index (χ0) is 59.4. The molecule has 0 spiro atoms. The molecule has 2 aliphatic rings. The Bertz CT molecular complexity index is 3760. The highest BCUT2D eigenvalue weighted by Gasteiger charge is 2.33. The van der Waals surface area contributed by atoms with E-state index in [1.807, 2.05) is 83.3 Å². The van der Waals surface area contributed by atoms with Gasteiger partial charge in [-0.3, -0.25) is 9.59 Å². The standard InChI is InChI=1S/C31H37FN8O2.C30H35FN8O2/c1-8-28(41)34-22-17-23(26(42-7)18-24(22)39(6)14-13-38(4)5)36-30-33-12-10-21(35-30)19-15-20(32)29-25(16-19)40-27(37-29)9-11-31(40,2)3;1-7-28(40)34-23-16-24(27(41-6)17-25(23)38(5)13-12-37(3)4)36-30-32-11-10-22(35-30)19-14-21(31)29-26(15-19)39(18(2)33-29)20-8-9-20/h8,10,12,15-18H,1,9,11,13-14H2,2-7H3,(H,34,41)(H,33,35,36);7,10-11,14-17,20H,1,8-9,12-13H2,2-6H3,(H,34,40)(H,32,35,36). The predicted molar refractivity (Wildman–Crippen MR) is 326 cm³/mol. The lowest BCUT2D eigenvalue weighted by Crippen LogP contribution is -2.29. The highest BCUT2D eigenvalue weighted by Crippen LogP contribution is 2.43. The number of benzene rings is 4. The minimum atomic E-state index is -0.383. The number of ether oxygens (including phenoxy) is 2. The molecule has 20 nitrogen and oxygen atoms in total. The smallest absolute Gasteiger partial charge is 0.247 e. The second-order valence-corrected chi connectivity index (χ2v) is 21.8. The van der Waals surface area contributed by atoms with Gasteiger partial charge in [-0.15, -0.1) is 0 Å². The zero-order valence-electron chi connectivity index (χ0n) is 49.0. The largest absolute Gasteiger partial charge is 0.494 e. The van der Waals surface area contributed by atoms with Gasteiger partial charge in [0.05, 0.1) is 70.8 Å². The third-order valence-corrected chi connectivity index (χ3v) is 14.7. The van der Waals surface area contributed by atoms with E-state index in [2.05, 4.69) is 92.1 Å². The van der Waals surface area contributed by atoms with Crippen molar-refractivity contribution in [2.75, 3.05) is 114 Å². The molecule has 4 N–H and O–H groups in total. The number of methoxy groups -OCH3 is 2. The fourth-order valence-electron chi connectivity index (χ4n) is 10.1. The summed E-state index contributed by atoms with van der Waals surface area (Å²) in [5.41, 5.74) is 8.33. The number of halogens is 2. The Morgan fingerprint density at radius 3 is 1.58 bits per heavy atom. The van der Waals surface area contributed by atoms with Crippen molar-refractivity contribution in [1.29, 1.82) is 0 Å². The van der Waals surface area contributed by atoms with E-state index in [1.54, 1.807) is 50.9 Å². The van der Waals surface area contributed by atoms with Gasteiger partial charge in [0, 0.05) is 93.9 Å². The Labute approximate surface area is 482 Å². The van der Waals surface area contributed by atoms with E-state index in [1.165, 1.54) is 24.3 Å². The number of imidazole rings is 2. The average molecular weight is 1130 g/mol. The number of likely N-dealkylation sites (N-methyl/N-ethyl adjacent to an activating group) is 4. The number of amides is 2. The Morgan fingerprint density at radius 1 is 0.663 bits per heavy atom. The Morgan fingerprint density at radius 2 is 1.13 bits per heavy atom. The number of carbonyl (C=O) groups excluding carboxylic acids is 2. The number of rotatable bonds is 21. The van der Waals surface area contributed by atoms with Crippen LogP contribution in [0.1, 0.15) is 50.8 Å². The molecule has 5 heterocycles. The van der Waals surface area contributed by atoms with Gasteiger partial charge in [-0.25, -0.2) is 38.7 Å². The summed E-state index contributed by atoms with van der Waals surface area (Å²) in [6, 6.07) is 17.9. The lowest BCUT2D eigenvalue weighted by molar-refractivity contribution is -0.112. The van der Waals surface area contributed by atoms with Crippen molar-refractivity contribution in [3.63, 3.8) is 0 Å². The number of nitrogens with one attached hydrogen (secondary N) is 4. The average Bonchev–Trinajstić information content (AvgIpc) is 4.24. The summed E-state index contributed by atoms with van der Waals surface area (Å²) in [5.74, 6) is 1.94. The summed E-state index contributed by atoms with van der Waals surface area (Å²) in [6.45, 7) is 16.4. The minimum absolute atomic E-state index is 0.143. The SMILES string of the molecule is C=CC(=O)Nc1cc(Nc2nccc(-c3cc(F)c4nc(C)n(C5CC5)c4c3)n2)c(OC)cc1N(C)CCN(C)C.C=CC(=O)Nc1cc(Nc2nccc(-c3cc(F)c4nc5n(c4c3)C(C)(C)CC5)n2)c(OC)cc1N(C)CCN(C)C. The number of fused-ring (bicyclic) bond motifs is 4. The molecule has 10 rings (SSSR count). The van der Waals surface area contributed by atoms with Crippen LogP contribution in [0.15, 0.2) is 98.4 Å². The maximum Gasteiger partial charge on any atom is 0.247 e. The van der Waals surface area contributed by atoms with Gasteiger partial charge in [0.15, 0.2) is 11.6 Å². The summed E-state index contributed by atoms with van der Waals surface area (Å²) in [4.78, 5) is 60.0. The van der Waals surface area contributed by atoms with Crippen LogP contribution in [0.3, 0.4) is 0 Å². The maximum atomic E-state index is 15.3. The number of aryl methyl sites for hydroxylation is 2. The van der Waals surface area contributed by atoms with E-state index in [0.29, 0.717) is 85.7 Å². The molecule has 1 fully saturated rings. The number of nitrogens with zero attached hydrogens (tertiary/aromatic N) is 12. The minimum Gasteiger partial charge on any atom is -0.494 e. The molecule has 4 aromatic heterocycles. The maximum absolute atomic E-state index is 15.3. The molecule has 83 heavy (non-hydrogen) atoms. The molecule has 4 aromatic carbocycles. The Balaban J connectivity index is 0.000000200. The first-order valence-electron chi connectivity index (χ1n) is 27.3. The lowest BCUT2D eigenvalue weighted by atomic mass is 10.0. The van der Waals surface area contributed by atoms with Gasteiger partial charge >= 0.3 is 0 Å². The topological polar surface area (TPSA) is 201 Å². The van der Waals surface area contributed by atoms with E-state index in [-0.39, 0.29) is 29.0 Å². The summed E-state index contributed by atoms with van der Waals surface area (Å²) in [6.07, 6.45) is 9.60. The van der Waals surface area contributed by atoms with Crippen LogP contribution in [0.25, 0.3) is 44.6 Å². The quantitative estimate of drug-likeness (QED) is 0.0495. The summed E-state index contributed by atoms with van der Waals surface area (Å²) in [5, 5.41) is 12.2. The number of hydrogen-bond donors (Lipinski definition) is 4. The van der Waals surface area contributed by atoms with Gasteiger partial charge in [-0.05, 0) is 129 Å². The van der Waals surface area contributed by atoms with Crippen LogP contribution in [-0.2, 0) is 21.5 Å². The zero-order valence-corrected chi connectivity index (χ0v) is 49.0. The van der Waals surface area contributed by atoms with Crippen LogP contribution in [0, 0.1) is 18.6 Å². The molecule has 0 radical (unpaired) electrons. The van der Waals surface area contributed by atoms with E-state index >= 15 is 8.78 Å². The molecule has 2 amide bonds. The molecule has 0 unspecified atom stereocenters. The van der Waals surface area contributed by atoms with Gasteiger partial charge in [0.1, 0.15) is 34.2 Å². The third-order valence-electron chi connectivity index (χ3n) is 14.7. The van der Waals surface area contributed by atoms with Crippen LogP contribution in [-0.4, -0.2) is 143 Å². The normalized spacial score (nSPS) is 13.3. The molecule has 22 heteroatoms. The fraction of sp³-hybridized carbons (Fsp3) is 0.344. The lowest BCUT2D eigenvalue weighted by Gasteiger charge is -2.26. The summed E-state index contributed by atoms with van der Waals surface area (Å²) in [7, 11) is 15.1.